The number of benzene rings is 3. The van der Waals surface area contributed by atoms with E-state index in [0.717, 1.165) is 11.1 Å². The number of hydrogen-bond acceptors (Lipinski definition) is 6. The number of aromatic nitrogens is 2. The van der Waals surface area contributed by atoms with Gasteiger partial charge in [-0.25, -0.2) is 4.39 Å². The van der Waals surface area contributed by atoms with Crippen LogP contribution in [0.2, 0.25) is 0 Å². The summed E-state index contributed by atoms with van der Waals surface area (Å²) in [5, 5.41) is 10.9. The second-order valence-corrected chi connectivity index (χ2v) is 8.48. The quantitative estimate of drug-likeness (QED) is 0.445. The van der Waals surface area contributed by atoms with Gasteiger partial charge in [0.05, 0.1) is 6.54 Å². The van der Waals surface area contributed by atoms with Crippen LogP contribution in [0, 0.1) is 5.82 Å². The zero-order chi connectivity index (χ0) is 24.9. The van der Waals surface area contributed by atoms with Gasteiger partial charge in [-0.2, -0.15) is 0 Å². The number of anilines is 1. The summed E-state index contributed by atoms with van der Waals surface area (Å²) in [6.45, 7) is 2.35. The van der Waals surface area contributed by atoms with Gasteiger partial charge in [-0.1, -0.05) is 24.3 Å². The standard InChI is InChI=1S/C27H24FN5O3/c28-22-7-4-8-23(17-22)29-24(34)18-32-13-15-33(16-14-32)27(35)21-11-9-20(10-12-21)26-31-30-25(36-26)19-5-2-1-3-6-19/h1-12,17H,13-16,18H2,(H,29,34). The summed E-state index contributed by atoms with van der Waals surface area (Å²) in [5.74, 6) is 0.140. The van der Waals surface area contributed by atoms with E-state index in [9.17, 15) is 14.0 Å². The molecule has 0 atom stereocenters. The van der Waals surface area contributed by atoms with Crippen molar-refractivity contribution in [1.82, 2.24) is 20.0 Å². The molecule has 0 unspecified atom stereocenters. The van der Waals surface area contributed by atoms with E-state index in [4.69, 9.17) is 4.42 Å². The normalized spacial score (nSPS) is 14.0. The molecule has 9 heteroatoms. The van der Waals surface area contributed by atoms with Gasteiger partial charge in [-0.05, 0) is 54.6 Å². The Morgan fingerprint density at radius 2 is 1.50 bits per heavy atom. The monoisotopic (exact) mass is 485 g/mol. The Bertz CT molecular complexity index is 1350. The summed E-state index contributed by atoms with van der Waals surface area (Å²) in [5.41, 5.74) is 2.57. The molecule has 2 amide bonds. The molecule has 1 saturated heterocycles. The van der Waals surface area contributed by atoms with Crippen molar-refractivity contribution < 1.29 is 18.4 Å². The molecule has 3 aromatic carbocycles. The van der Waals surface area contributed by atoms with Crippen LogP contribution in [0.1, 0.15) is 10.4 Å². The van der Waals surface area contributed by atoms with Crippen molar-refractivity contribution in [1.29, 1.82) is 0 Å². The fourth-order valence-electron chi connectivity index (χ4n) is 4.05. The molecule has 0 radical (unpaired) electrons. The fraction of sp³-hybridized carbons (Fsp3) is 0.185. The van der Waals surface area contributed by atoms with Crippen LogP contribution in [0.4, 0.5) is 10.1 Å². The van der Waals surface area contributed by atoms with Crippen molar-refractivity contribution >= 4 is 17.5 Å². The largest absolute Gasteiger partial charge is 0.416 e. The molecular formula is C27H24FN5O3. The molecule has 2 heterocycles. The average Bonchev–Trinajstić information content (AvgIpc) is 3.40. The number of carbonyl (C=O) groups excluding carboxylic acids is 2. The lowest BCUT2D eigenvalue weighted by molar-refractivity contribution is -0.117. The van der Waals surface area contributed by atoms with Gasteiger partial charge in [0.25, 0.3) is 5.91 Å². The highest BCUT2D eigenvalue weighted by atomic mass is 19.1. The van der Waals surface area contributed by atoms with E-state index in [-0.39, 0.29) is 18.4 Å². The summed E-state index contributed by atoms with van der Waals surface area (Å²) in [4.78, 5) is 29.0. The second-order valence-electron chi connectivity index (χ2n) is 8.48. The Balaban J connectivity index is 1.14. The first-order valence-corrected chi connectivity index (χ1v) is 11.6. The van der Waals surface area contributed by atoms with Gasteiger partial charge >= 0.3 is 0 Å². The molecule has 36 heavy (non-hydrogen) atoms. The van der Waals surface area contributed by atoms with Crippen molar-refractivity contribution in [3.8, 4) is 22.9 Å². The van der Waals surface area contributed by atoms with Crippen molar-refractivity contribution in [3.63, 3.8) is 0 Å². The van der Waals surface area contributed by atoms with E-state index >= 15 is 0 Å². The minimum absolute atomic E-state index is 0.0686. The van der Waals surface area contributed by atoms with Gasteiger partial charge in [0.2, 0.25) is 17.7 Å². The number of nitrogens with one attached hydrogen (secondary N) is 1. The van der Waals surface area contributed by atoms with Crippen LogP contribution >= 0.6 is 0 Å². The number of rotatable bonds is 6. The molecule has 5 rings (SSSR count). The highest BCUT2D eigenvalue weighted by molar-refractivity contribution is 5.95. The summed E-state index contributed by atoms with van der Waals surface area (Å²) in [6, 6.07) is 22.4. The SMILES string of the molecule is O=C(CN1CCN(C(=O)c2ccc(-c3nnc(-c4ccccc4)o3)cc2)CC1)Nc1cccc(F)c1. The maximum atomic E-state index is 13.3. The van der Waals surface area contributed by atoms with Crippen molar-refractivity contribution in [2.45, 2.75) is 0 Å². The van der Waals surface area contributed by atoms with Gasteiger partial charge < -0.3 is 14.6 Å². The Morgan fingerprint density at radius 1 is 0.833 bits per heavy atom. The van der Waals surface area contributed by atoms with E-state index in [1.165, 1.54) is 12.1 Å². The Kier molecular flexibility index (Phi) is 6.81. The van der Waals surface area contributed by atoms with E-state index in [0.29, 0.717) is 49.2 Å². The minimum atomic E-state index is -0.401. The molecule has 0 aliphatic carbocycles. The Morgan fingerprint density at radius 3 is 2.17 bits per heavy atom. The predicted octanol–water partition coefficient (Wildman–Crippen LogP) is 3.94. The maximum Gasteiger partial charge on any atom is 0.253 e. The topological polar surface area (TPSA) is 91.6 Å². The summed E-state index contributed by atoms with van der Waals surface area (Å²) >= 11 is 0. The van der Waals surface area contributed by atoms with Gasteiger partial charge in [-0.3, -0.25) is 14.5 Å². The minimum Gasteiger partial charge on any atom is -0.416 e. The number of piperazine rings is 1. The van der Waals surface area contributed by atoms with E-state index in [1.54, 1.807) is 41.3 Å². The number of amides is 2. The van der Waals surface area contributed by atoms with Crippen LogP contribution in [-0.2, 0) is 4.79 Å². The number of nitrogens with zero attached hydrogens (tertiary/aromatic N) is 4. The molecular weight excluding hydrogens is 461 g/mol. The first kappa shape index (κ1) is 23.4. The predicted molar refractivity (Wildman–Crippen MR) is 133 cm³/mol. The van der Waals surface area contributed by atoms with Crippen LogP contribution in [0.5, 0.6) is 0 Å². The van der Waals surface area contributed by atoms with Crippen molar-refractivity contribution in [2.24, 2.45) is 0 Å². The highest BCUT2D eigenvalue weighted by Crippen LogP contribution is 2.24. The van der Waals surface area contributed by atoms with Crippen molar-refractivity contribution in [3.05, 3.63) is 90.2 Å². The number of carbonyl (C=O) groups is 2. The number of hydrogen-bond donors (Lipinski definition) is 1. The highest BCUT2D eigenvalue weighted by Gasteiger charge is 2.23. The zero-order valence-electron chi connectivity index (χ0n) is 19.4. The third-order valence-electron chi connectivity index (χ3n) is 5.96. The van der Waals surface area contributed by atoms with E-state index in [1.807, 2.05) is 35.2 Å². The van der Waals surface area contributed by atoms with E-state index in [2.05, 4.69) is 15.5 Å². The lowest BCUT2D eigenvalue weighted by Crippen LogP contribution is -2.50. The van der Waals surface area contributed by atoms with Crippen LogP contribution in [-0.4, -0.2) is 64.5 Å². The van der Waals surface area contributed by atoms with Gasteiger partial charge in [-0.15, -0.1) is 10.2 Å². The molecule has 4 aromatic rings. The molecule has 1 fully saturated rings. The Hall–Kier alpha value is -4.37. The molecule has 1 aliphatic heterocycles. The third-order valence-corrected chi connectivity index (χ3v) is 5.96. The molecule has 1 aromatic heterocycles. The van der Waals surface area contributed by atoms with Gasteiger partial charge in [0, 0.05) is 48.6 Å². The average molecular weight is 486 g/mol. The molecule has 0 saturated carbocycles. The molecule has 1 aliphatic rings. The fourth-order valence-corrected chi connectivity index (χ4v) is 4.05. The van der Waals surface area contributed by atoms with Crippen molar-refractivity contribution in [2.75, 3.05) is 38.0 Å². The Labute approximate surface area is 207 Å². The zero-order valence-corrected chi connectivity index (χ0v) is 19.4. The maximum absolute atomic E-state index is 13.3. The summed E-state index contributed by atoms with van der Waals surface area (Å²) in [6.07, 6.45) is 0. The number of halogens is 1. The van der Waals surface area contributed by atoms with Crippen LogP contribution in [0.15, 0.2) is 83.3 Å². The first-order valence-electron chi connectivity index (χ1n) is 11.6. The summed E-state index contributed by atoms with van der Waals surface area (Å²) < 4.78 is 19.1. The molecule has 0 bridgehead atoms. The first-order chi connectivity index (χ1) is 17.5. The smallest absolute Gasteiger partial charge is 0.253 e. The lowest BCUT2D eigenvalue weighted by Gasteiger charge is -2.34. The molecule has 1 N–H and O–H groups in total. The van der Waals surface area contributed by atoms with Crippen LogP contribution in [0.3, 0.4) is 0 Å². The lowest BCUT2D eigenvalue weighted by atomic mass is 10.1. The second kappa shape index (κ2) is 10.5. The van der Waals surface area contributed by atoms with E-state index < -0.39 is 5.82 Å². The molecule has 182 valence electrons. The summed E-state index contributed by atoms with van der Waals surface area (Å²) in [7, 11) is 0. The molecule has 8 nitrogen and oxygen atoms in total. The van der Waals surface area contributed by atoms with Gasteiger partial charge in [0.15, 0.2) is 0 Å². The van der Waals surface area contributed by atoms with Crippen LogP contribution in [0.25, 0.3) is 22.9 Å². The molecule has 0 spiro atoms. The third kappa shape index (κ3) is 5.47. The van der Waals surface area contributed by atoms with Crippen LogP contribution < -0.4 is 5.32 Å². The van der Waals surface area contributed by atoms with Gasteiger partial charge in [0.1, 0.15) is 5.82 Å².